The molecule has 1 nitrogen and oxygen atoms in total. The molecule has 2 atom stereocenters. The lowest BCUT2D eigenvalue weighted by Gasteiger charge is -2.20. The number of rotatable bonds is 1. The van der Waals surface area contributed by atoms with E-state index in [1.165, 1.54) is 11.1 Å². The van der Waals surface area contributed by atoms with Crippen molar-refractivity contribution in [2.75, 3.05) is 0 Å². The zero-order chi connectivity index (χ0) is 17.8. The Morgan fingerprint density at radius 3 is 2.56 bits per heavy atom. The largest absolute Gasteiger partial charge is 0.489 e. The molecule has 0 saturated heterocycles. The molecule has 0 fully saturated rings. The van der Waals surface area contributed by atoms with E-state index in [1.807, 2.05) is 37.5 Å². The highest BCUT2D eigenvalue weighted by Crippen LogP contribution is 2.30. The Morgan fingerprint density at radius 2 is 1.72 bits per heavy atom. The molecule has 2 aliphatic carbocycles. The summed E-state index contributed by atoms with van der Waals surface area (Å²) in [4.78, 5) is 0. The Kier molecular flexibility index (Phi) is 5.28. The molecule has 1 aliphatic heterocycles. The topological polar surface area (TPSA) is 9.23 Å². The van der Waals surface area contributed by atoms with Gasteiger partial charge in [-0.3, -0.25) is 0 Å². The number of allylic oxidation sites excluding steroid dienone is 14. The van der Waals surface area contributed by atoms with Crippen LogP contribution in [-0.4, -0.2) is 14.0 Å². The van der Waals surface area contributed by atoms with Crippen molar-refractivity contribution >= 4 is 7.85 Å². The third kappa shape index (κ3) is 4.14. The van der Waals surface area contributed by atoms with Crippen LogP contribution in [0.1, 0.15) is 20.8 Å². The van der Waals surface area contributed by atoms with Gasteiger partial charge in [0.1, 0.15) is 14.0 Å². The quantitative estimate of drug-likeness (QED) is 0.586. The molecule has 0 spiro atoms. The fourth-order valence-electron chi connectivity index (χ4n) is 2.98. The second kappa shape index (κ2) is 7.61. The highest BCUT2D eigenvalue weighted by molar-refractivity contribution is 6.25. The fraction of sp³-hybridized carbons (Fsp3) is 0.217. The van der Waals surface area contributed by atoms with Gasteiger partial charge in [-0.15, -0.1) is 0 Å². The third-order valence-corrected chi connectivity index (χ3v) is 4.51. The summed E-state index contributed by atoms with van der Waals surface area (Å²) in [5.74, 6) is 0.427. The molecule has 2 heteroatoms. The van der Waals surface area contributed by atoms with E-state index in [0.717, 1.165) is 22.2 Å². The van der Waals surface area contributed by atoms with E-state index in [4.69, 9.17) is 12.6 Å². The molecule has 3 rings (SSSR count). The van der Waals surface area contributed by atoms with Crippen LogP contribution in [0.25, 0.3) is 0 Å². The molecule has 1 heterocycles. The third-order valence-electron chi connectivity index (χ3n) is 4.51. The Balaban J connectivity index is 2.08. The summed E-state index contributed by atoms with van der Waals surface area (Å²) in [7, 11) is 6.24. The summed E-state index contributed by atoms with van der Waals surface area (Å²) in [6.45, 7) is 6.35. The molecule has 2 bridgehead atoms. The van der Waals surface area contributed by atoms with Gasteiger partial charge >= 0.3 is 0 Å². The summed E-state index contributed by atoms with van der Waals surface area (Å²) >= 11 is 0. The summed E-state index contributed by atoms with van der Waals surface area (Å²) in [5.41, 5.74) is 6.35. The minimum Gasteiger partial charge on any atom is -0.489 e. The van der Waals surface area contributed by atoms with Crippen LogP contribution in [0.5, 0.6) is 0 Å². The Hall–Kier alpha value is -2.48. The van der Waals surface area contributed by atoms with Crippen molar-refractivity contribution in [2.24, 2.45) is 5.92 Å². The SMILES string of the molecule is [B]\C1=C/C=C\C(C)=C\OC2C=C1C=CC=C2C1=C(C)C=CC(C)C=C1. The second-order valence-corrected chi connectivity index (χ2v) is 6.68. The lowest BCUT2D eigenvalue weighted by Crippen LogP contribution is -2.13. The monoisotopic (exact) mass is 326 g/mol. The van der Waals surface area contributed by atoms with Gasteiger partial charge in [0.2, 0.25) is 0 Å². The molecular weight excluding hydrogens is 303 g/mol. The lowest BCUT2D eigenvalue weighted by molar-refractivity contribution is 0.217. The van der Waals surface area contributed by atoms with Crippen LogP contribution >= 0.6 is 0 Å². The van der Waals surface area contributed by atoms with Crippen LogP contribution < -0.4 is 0 Å². The van der Waals surface area contributed by atoms with Crippen LogP contribution in [0.3, 0.4) is 0 Å². The van der Waals surface area contributed by atoms with Crippen molar-refractivity contribution in [3.05, 3.63) is 106 Å². The molecule has 124 valence electrons. The smallest absolute Gasteiger partial charge is 0.142 e. The van der Waals surface area contributed by atoms with E-state index >= 15 is 0 Å². The first-order chi connectivity index (χ1) is 12.0. The Bertz CT molecular complexity index is 822. The van der Waals surface area contributed by atoms with Crippen molar-refractivity contribution in [3.8, 4) is 0 Å². The minimum atomic E-state index is -0.185. The van der Waals surface area contributed by atoms with E-state index in [9.17, 15) is 0 Å². The number of hydrogen-bond donors (Lipinski definition) is 0. The van der Waals surface area contributed by atoms with Gasteiger partial charge < -0.3 is 4.74 Å². The number of hydrogen-bond acceptors (Lipinski definition) is 1. The maximum atomic E-state index is 6.24. The van der Waals surface area contributed by atoms with Crippen LogP contribution in [-0.2, 0) is 4.74 Å². The van der Waals surface area contributed by atoms with Gasteiger partial charge in [-0.2, -0.15) is 0 Å². The van der Waals surface area contributed by atoms with Gasteiger partial charge in [0.05, 0.1) is 6.26 Å². The molecule has 0 aromatic carbocycles. The highest BCUT2D eigenvalue weighted by atomic mass is 16.5. The van der Waals surface area contributed by atoms with Gasteiger partial charge in [-0.05, 0) is 48.1 Å². The maximum absolute atomic E-state index is 6.24. The molecule has 25 heavy (non-hydrogen) atoms. The van der Waals surface area contributed by atoms with Crippen molar-refractivity contribution in [1.29, 1.82) is 0 Å². The Morgan fingerprint density at radius 1 is 0.960 bits per heavy atom. The van der Waals surface area contributed by atoms with E-state index in [2.05, 4.69) is 56.4 Å². The second-order valence-electron chi connectivity index (χ2n) is 6.68. The maximum Gasteiger partial charge on any atom is 0.142 e. The summed E-state index contributed by atoms with van der Waals surface area (Å²) < 4.78 is 6.14. The number of fused-ring (bicyclic) bond motifs is 1. The van der Waals surface area contributed by atoms with Gasteiger partial charge in [0.15, 0.2) is 0 Å². The van der Waals surface area contributed by atoms with E-state index in [-0.39, 0.29) is 6.10 Å². The molecule has 0 saturated carbocycles. The zero-order valence-electron chi connectivity index (χ0n) is 15.1. The van der Waals surface area contributed by atoms with Gasteiger partial charge in [0.25, 0.3) is 0 Å². The molecule has 2 unspecified atom stereocenters. The first kappa shape index (κ1) is 17.4. The average Bonchev–Trinajstić information content (AvgIpc) is 2.89. The summed E-state index contributed by atoms with van der Waals surface area (Å²) in [6, 6.07) is 0. The van der Waals surface area contributed by atoms with Gasteiger partial charge in [0, 0.05) is 5.57 Å². The summed E-state index contributed by atoms with van der Waals surface area (Å²) in [6.07, 6.45) is 24.7. The molecule has 3 aliphatic rings. The molecule has 0 aromatic heterocycles. The zero-order valence-corrected chi connectivity index (χ0v) is 15.1. The molecule has 0 N–H and O–H groups in total. The van der Waals surface area contributed by atoms with E-state index < -0.39 is 0 Å². The van der Waals surface area contributed by atoms with Crippen molar-refractivity contribution in [3.63, 3.8) is 0 Å². The average molecular weight is 326 g/mol. The lowest BCUT2D eigenvalue weighted by atomic mass is 9.86. The fourth-order valence-corrected chi connectivity index (χ4v) is 2.98. The molecule has 0 amide bonds. The van der Waals surface area contributed by atoms with Crippen LogP contribution in [0.15, 0.2) is 106 Å². The predicted molar refractivity (Wildman–Crippen MR) is 107 cm³/mol. The molecular formula is C23H23BO. The van der Waals surface area contributed by atoms with Crippen molar-refractivity contribution in [1.82, 2.24) is 0 Å². The number of ether oxygens (including phenoxy) is 1. The summed E-state index contributed by atoms with van der Waals surface area (Å²) in [5, 5.41) is 0. The normalized spacial score (nSPS) is 31.5. The van der Waals surface area contributed by atoms with Gasteiger partial charge in [-0.25, -0.2) is 0 Å². The molecule has 2 radical (unpaired) electrons. The molecule has 0 aromatic rings. The van der Waals surface area contributed by atoms with Crippen LogP contribution in [0.2, 0.25) is 0 Å². The van der Waals surface area contributed by atoms with Crippen molar-refractivity contribution in [2.45, 2.75) is 26.9 Å². The minimum absolute atomic E-state index is 0.185. The highest BCUT2D eigenvalue weighted by Gasteiger charge is 2.20. The van der Waals surface area contributed by atoms with Crippen LogP contribution in [0.4, 0.5) is 0 Å². The first-order valence-electron chi connectivity index (χ1n) is 8.69. The first-order valence-corrected chi connectivity index (χ1v) is 8.69. The predicted octanol–water partition coefficient (Wildman–Crippen LogP) is 5.40. The van der Waals surface area contributed by atoms with E-state index in [0.29, 0.717) is 5.92 Å². The van der Waals surface area contributed by atoms with Crippen LogP contribution in [0, 0.1) is 5.92 Å². The Labute approximate surface area is 152 Å². The standard InChI is InChI=1S/C23H23BO/c1-16-10-12-18(3)20(13-11-16)21-8-5-7-19-14-23(21)25-15-17(2)6-4-9-22(19)24/h4-16,23H,1-3H3/b6-4-,17-15+,22-9-. The van der Waals surface area contributed by atoms with Crippen molar-refractivity contribution < 1.29 is 4.74 Å². The van der Waals surface area contributed by atoms with Gasteiger partial charge in [-0.1, -0.05) is 73.2 Å². The van der Waals surface area contributed by atoms with E-state index in [1.54, 1.807) is 0 Å².